The summed E-state index contributed by atoms with van der Waals surface area (Å²) in [6, 6.07) is 0.593. The number of ether oxygens (including phenoxy) is 1. The second-order valence-electron chi connectivity index (χ2n) is 5.22. The van der Waals surface area contributed by atoms with E-state index in [1.54, 1.807) is 7.11 Å². The molecule has 102 valence electrons. The number of anilines is 1. The second-order valence-corrected chi connectivity index (χ2v) is 5.22. The van der Waals surface area contributed by atoms with Crippen LogP contribution < -0.4 is 5.32 Å². The van der Waals surface area contributed by atoms with Crippen LogP contribution in [0.4, 0.5) is 5.95 Å². The first-order valence-corrected chi connectivity index (χ1v) is 7.09. The van der Waals surface area contributed by atoms with Gasteiger partial charge in [0.2, 0.25) is 5.95 Å². The molecule has 0 bridgehead atoms. The van der Waals surface area contributed by atoms with Gasteiger partial charge >= 0.3 is 0 Å². The Morgan fingerprint density at radius 2 is 2.06 bits per heavy atom. The van der Waals surface area contributed by atoms with Crippen molar-refractivity contribution in [2.75, 3.05) is 19.0 Å². The van der Waals surface area contributed by atoms with Crippen molar-refractivity contribution in [1.82, 2.24) is 9.55 Å². The first-order chi connectivity index (χ1) is 8.79. The lowest BCUT2D eigenvalue weighted by Crippen LogP contribution is -2.21. The van der Waals surface area contributed by atoms with Crippen LogP contribution in [-0.4, -0.2) is 29.3 Å². The fourth-order valence-corrected chi connectivity index (χ4v) is 2.63. The van der Waals surface area contributed by atoms with Crippen LogP contribution in [0.3, 0.4) is 0 Å². The zero-order chi connectivity index (χ0) is 12.8. The molecule has 1 aliphatic carbocycles. The van der Waals surface area contributed by atoms with Gasteiger partial charge in [-0.1, -0.05) is 25.7 Å². The summed E-state index contributed by atoms with van der Waals surface area (Å²) in [5, 5.41) is 3.62. The number of nitrogens with zero attached hydrogens (tertiary/aromatic N) is 2. The van der Waals surface area contributed by atoms with Gasteiger partial charge < -0.3 is 14.6 Å². The van der Waals surface area contributed by atoms with E-state index >= 15 is 0 Å². The molecular formula is C14H25N3O. The van der Waals surface area contributed by atoms with Crippen molar-refractivity contribution in [2.24, 2.45) is 0 Å². The Morgan fingerprint density at radius 3 is 2.72 bits per heavy atom. The Morgan fingerprint density at radius 1 is 1.33 bits per heavy atom. The van der Waals surface area contributed by atoms with Crippen LogP contribution in [0.5, 0.6) is 0 Å². The summed E-state index contributed by atoms with van der Waals surface area (Å²) in [4.78, 5) is 4.58. The molecular weight excluding hydrogens is 226 g/mol. The Kier molecular flexibility index (Phi) is 5.05. The van der Waals surface area contributed by atoms with Gasteiger partial charge in [-0.3, -0.25) is 0 Å². The number of imidazole rings is 1. The topological polar surface area (TPSA) is 39.1 Å². The molecule has 0 aromatic carbocycles. The van der Waals surface area contributed by atoms with Crippen molar-refractivity contribution in [3.63, 3.8) is 0 Å². The summed E-state index contributed by atoms with van der Waals surface area (Å²) in [6.07, 6.45) is 10.1. The van der Waals surface area contributed by atoms with E-state index < -0.39 is 0 Å². The number of aryl methyl sites for hydroxylation is 1. The zero-order valence-electron chi connectivity index (χ0n) is 11.6. The molecule has 0 unspecified atom stereocenters. The van der Waals surface area contributed by atoms with Crippen molar-refractivity contribution in [3.05, 3.63) is 11.9 Å². The lowest BCUT2D eigenvalue weighted by Gasteiger charge is -2.17. The predicted molar refractivity (Wildman–Crippen MR) is 74.0 cm³/mol. The van der Waals surface area contributed by atoms with Crippen LogP contribution in [0.1, 0.15) is 44.2 Å². The summed E-state index contributed by atoms with van der Waals surface area (Å²) >= 11 is 0. The van der Waals surface area contributed by atoms with E-state index in [0.29, 0.717) is 6.04 Å². The highest BCUT2D eigenvalue weighted by molar-refractivity contribution is 5.30. The fraction of sp³-hybridized carbons (Fsp3) is 0.786. The fourth-order valence-electron chi connectivity index (χ4n) is 2.63. The molecule has 18 heavy (non-hydrogen) atoms. The highest BCUT2D eigenvalue weighted by Crippen LogP contribution is 2.21. The molecule has 1 aromatic rings. The lowest BCUT2D eigenvalue weighted by molar-refractivity contribution is 0.187. The molecule has 1 aliphatic rings. The van der Waals surface area contributed by atoms with Crippen LogP contribution >= 0.6 is 0 Å². The molecule has 4 heteroatoms. The largest absolute Gasteiger partial charge is 0.383 e. The van der Waals surface area contributed by atoms with Crippen molar-refractivity contribution in [2.45, 2.75) is 58.0 Å². The highest BCUT2D eigenvalue weighted by atomic mass is 16.5. The minimum absolute atomic E-state index is 0.593. The van der Waals surface area contributed by atoms with E-state index in [1.807, 2.05) is 6.92 Å². The van der Waals surface area contributed by atoms with Gasteiger partial charge in [0.1, 0.15) is 0 Å². The number of aromatic nitrogens is 2. The monoisotopic (exact) mass is 251 g/mol. The zero-order valence-corrected chi connectivity index (χ0v) is 11.6. The van der Waals surface area contributed by atoms with E-state index in [4.69, 9.17) is 4.74 Å². The molecule has 1 N–H and O–H groups in total. The van der Waals surface area contributed by atoms with Crippen LogP contribution in [0.15, 0.2) is 6.20 Å². The molecule has 0 saturated heterocycles. The number of hydrogen-bond donors (Lipinski definition) is 1. The molecule has 0 amide bonds. The van der Waals surface area contributed by atoms with Gasteiger partial charge in [-0.15, -0.1) is 0 Å². The van der Waals surface area contributed by atoms with Crippen LogP contribution in [-0.2, 0) is 11.3 Å². The third-order valence-electron chi connectivity index (χ3n) is 3.62. The van der Waals surface area contributed by atoms with Crippen molar-refractivity contribution in [1.29, 1.82) is 0 Å². The lowest BCUT2D eigenvalue weighted by atomic mass is 10.1. The van der Waals surface area contributed by atoms with E-state index in [-0.39, 0.29) is 0 Å². The quantitative estimate of drug-likeness (QED) is 0.818. The van der Waals surface area contributed by atoms with E-state index in [2.05, 4.69) is 21.1 Å². The maximum atomic E-state index is 5.14. The first kappa shape index (κ1) is 13.4. The molecule has 1 aromatic heterocycles. The minimum Gasteiger partial charge on any atom is -0.383 e. The van der Waals surface area contributed by atoms with Crippen LogP contribution in [0.25, 0.3) is 0 Å². The van der Waals surface area contributed by atoms with E-state index in [9.17, 15) is 0 Å². The third-order valence-corrected chi connectivity index (χ3v) is 3.62. The molecule has 0 aliphatic heterocycles. The van der Waals surface area contributed by atoms with Gasteiger partial charge in [0.15, 0.2) is 0 Å². The summed E-state index contributed by atoms with van der Waals surface area (Å²) in [7, 11) is 1.74. The number of nitrogens with one attached hydrogen (secondary N) is 1. The van der Waals surface area contributed by atoms with E-state index in [0.717, 1.165) is 24.8 Å². The Hall–Kier alpha value is -1.03. The molecule has 4 nitrogen and oxygen atoms in total. The summed E-state index contributed by atoms with van der Waals surface area (Å²) < 4.78 is 7.31. The SMILES string of the molecule is COCCn1cc(C)nc1NC1CCCCCC1. The number of hydrogen-bond acceptors (Lipinski definition) is 3. The van der Waals surface area contributed by atoms with Crippen LogP contribution in [0.2, 0.25) is 0 Å². The standard InChI is InChI=1S/C14H25N3O/c1-12-11-17(9-10-18-2)14(15-12)16-13-7-5-3-4-6-8-13/h11,13H,3-10H2,1-2H3,(H,15,16). The predicted octanol–water partition coefficient (Wildman–Crippen LogP) is 2.97. The number of methoxy groups -OCH3 is 1. The maximum absolute atomic E-state index is 5.14. The average Bonchev–Trinajstić information content (AvgIpc) is 2.55. The molecule has 1 fully saturated rings. The highest BCUT2D eigenvalue weighted by Gasteiger charge is 2.14. The number of rotatable bonds is 5. The summed E-state index contributed by atoms with van der Waals surface area (Å²) in [5.41, 5.74) is 1.07. The van der Waals surface area contributed by atoms with Gasteiger partial charge in [0.25, 0.3) is 0 Å². The second kappa shape index (κ2) is 6.78. The van der Waals surface area contributed by atoms with Gasteiger partial charge in [0, 0.05) is 25.9 Å². The molecule has 0 radical (unpaired) electrons. The molecule has 0 spiro atoms. The Labute approximate surface area is 110 Å². The first-order valence-electron chi connectivity index (χ1n) is 7.09. The maximum Gasteiger partial charge on any atom is 0.203 e. The molecule has 2 rings (SSSR count). The van der Waals surface area contributed by atoms with Crippen molar-refractivity contribution < 1.29 is 4.74 Å². The van der Waals surface area contributed by atoms with Gasteiger partial charge in [0.05, 0.1) is 12.3 Å². The minimum atomic E-state index is 0.593. The van der Waals surface area contributed by atoms with Crippen LogP contribution in [0, 0.1) is 6.92 Å². The Bertz CT molecular complexity index is 354. The van der Waals surface area contributed by atoms with Gasteiger partial charge in [-0.05, 0) is 19.8 Å². The summed E-state index contributed by atoms with van der Waals surface area (Å²) in [6.45, 7) is 3.64. The van der Waals surface area contributed by atoms with Gasteiger partial charge in [-0.2, -0.15) is 0 Å². The van der Waals surface area contributed by atoms with Gasteiger partial charge in [-0.25, -0.2) is 4.98 Å². The molecule has 0 atom stereocenters. The smallest absolute Gasteiger partial charge is 0.203 e. The normalized spacial score (nSPS) is 17.7. The summed E-state index contributed by atoms with van der Waals surface area (Å²) in [5.74, 6) is 1.01. The van der Waals surface area contributed by atoms with E-state index in [1.165, 1.54) is 38.5 Å². The van der Waals surface area contributed by atoms with Crippen molar-refractivity contribution in [3.8, 4) is 0 Å². The van der Waals surface area contributed by atoms with Crippen molar-refractivity contribution >= 4 is 5.95 Å². The average molecular weight is 251 g/mol. The third kappa shape index (κ3) is 3.73. The Balaban J connectivity index is 1.97. The molecule has 1 saturated carbocycles. The molecule has 1 heterocycles.